The first kappa shape index (κ1) is 17.8. The Morgan fingerprint density at radius 2 is 2.18 bits per heavy atom. The molecule has 0 bridgehead atoms. The van der Waals surface area contributed by atoms with Gasteiger partial charge in [-0.05, 0) is 66.8 Å². The van der Waals surface area contributed by atoms with E-state index in [1.807, 2.05) is 7.05 Å². The molecule has 22 heavy (non-hydrogen) atoms. The van der Waals surface area contributed by atoms with Crippen LogP contribution in [0.1, 0.15) is 31.1 Å². The first-order chi connectivity index (χ1) is 10.7. The number of guanidine groups is 1. The van der Waals surface area contributed by atoms with Crippen molar-refractivity contribution in [2.24, 2.45) is 10.9 Å². The summed E-state index contributed by atoms with van der Waals surface area (Å²) in [6, 6.07) is 2.14. The van der Waals surface area contributed by atoms with Crippen LogP contribution in [-0.2, 0) is 6.54 Å². The van der Waals surface area contributed by atoms with Crippen LogP contribution < -0.4 is 10.6 Å². The number of aliphatic imine (C=N–C) groups is 1. The average molecular weight is 387 g/mol. The SMILES string of the molecule is CN=C(NCCCN1CCC(C)CC1)NCc1cc(Br)cs1. The standard InChI is InChI=1S/C16H27BrN4S/c1-13-4-8-21(9-5-13)7-3-6-19-16(18-2)20-11-15-10-14(17)12-22-15/h10,12-13H,3-9,11H2,1-2H3,(H2,18,19,20). The Morgan fingerprint density at radius 3 is 2.82 bits per heavy atom. The van der Waals surface area contributed by atoms with Gasteiger partial charge in [-0.25, -0.2) is 0 Å². The van der Waals surface area contributed by atoms with E-state index < -0.39 is 0 Å². The zero-order valence-electron chi connectivity index (χ0n) is 13.6. The summed E-state index contributed by atoms with van der Waals surface area (Å²) in [6.07, 6.45) is 3.87. The number of likely N-dealkylation sites (tertiary alicyclic amines) is 1. The number of nitrogens with one attached hydrogen (secondary N) is 2. The molecule has 1 fully saturated rings. The topological polar surface area (TPSA) is 39.7 Å². The van der Waals surface area contributed by atoms with E-state index in [1.165, 1.54) is 43.8 Å². The second-order valence-corrected chi connectivity index (χ2v) is 7.87. The van der Waals surface area contributed by atoms with Crippen LogP contribution >= 0.6 is 27.3 Å². The van der Waals surface area contributed by atoms with Crippen molar-refractivity contribution in [3.63, 3.8) is 0 Å². The van der Waals surface area contributed by atoms with Crippen LogP contribution in [-0.4, -0.2) is 44.1 Å². The van der Waals surface area contributed by atoms with Crippen LogP contribution in [0.4, 0.5) is 0 Å². The average Bonchev–Trinajstić information content (AvgIpc) is 2.94. The lowest BCUT2D eigenvalue weighted by Gasteiger charge is -2.30. The molecule has 6 heteroatoms. The minimum Gasteiger partial charge on any atom is -0.356 e. The lowest BCUT2D eigenvalue weighted by Crippen LogP contribution is -2.39. The number of hydrogen-bond donors (Lipinski definition) is 2. The highest BCUT2D eigenvalue weighted by molar-refractivity contribution is 9.10. The third-order valence-electron chi connectivity index (χ3n) is 4.10. The van der Waals surface area contributed by atoms with Gasteiger partial charge in [-0.1, -0.05) is 6.92 Å². The fourth-order valence-electron chi connectivity index (χ4n) is 2.63. The Kier molecular flexibility index (Phi) is 7.69. The highest BCUT2D eigenvalue weighted by Crippen LogP contribution is 2.19. The van der Waals surface area contributed by atoms with E-state index in [0.717, 1.165) is 29.4 Å². The Balaban J connectivity index is 1.58. The molecule has 1 aliphatic rings. The molecular weight excluding hydrogens is 360 g/mol. The quantitative estimate of drug-likeness (QED) is 0.447. The maximum Gasteiger partial charge on any atom is 0.191 e. The molecule has 0 radical (unpaired) electrons. The molecular formula is C16H27BrN4S. The molecule has 1 aromatic rings. The summed E-state index contributed by atoms with van der Waals surface area (Å²) in [4.78, 5) is 8.17. The third kappa shape index (κ3) is 6.26. The maximum absolute atomic E-state index is 4.28. The Morgan fingerprint density at radius 1 is 1.41 bits per heavy atom. The maximum atomic E-state index is 4.28. The predicted octanol–water partition coefficient (Wildman–Crippen LogP) is 3.30. The van der Waals surface area contributed by atoms with E-state index >= 15 is 0 Å². The number of piperidine rings is 1. The third-order valence-corrected chi connectivity index (χ3v) is 5.79. The largest absolute Gasteiger partial charge is 0.356 e. The predicted molar refractivity (Wildman–Crippen MR) is 99.7 cm³/mol. The molecule has 2 N–H and O–H groups in total. The van der Waals surface area contributed by atoms with Crippen LogP contribution in [0.5, 0.6) is 0 Å². The van der Waals surface area contributed by atoms with E-state index in [-0.39, 0.29) is 0 Å². The first-order valence-corrected chi connectivity index (χ1v) is 9.74. The van der Waals surface area contributed by atoms with Crippen molar-refractivity contribution in [1.29, 1.82) is 0 Å². The molecule has 0 atom stereocenters. The smallest absolute Gasteiger partial charge is 0.191 e. The summed E-state index contributed by atoms with van der Waals surface area (Å²) in [6.45, 7) is 7.87. The van der Waals surface area contributed by atoms with Gasteiger partial charge in [-0.3, -0.25) is 4.99 Å². The van der Waals surface area contributed by atoms with Crippen molar-refractivity contribution < 1.29 is 0 Å². The van der Waals surface area contributed by atoms with Gasteiger partial charge < -0.3 is 15.5 Å². The molecule has 1 saturated heterocycles. The summed E-state index contributed by atoms with van der Waals surface area (Å²) >= 11 is 5.23. The molecule has 0 spiro atoms. The summed E-state index contributed by atoms with van der Waals surface area (Å²) < 4.78 is 1.15. The molecule has 1 aliphatic heterocycles. The fraction of sp³-hybridized carbons (Fsp3) is 0.688. The van der Waals surface area contributed by atoms with Gasteiger partial charge >= 0.3 is 0 Å². The minimum atomic E-state index is 0.819. The fourth-order valence-corrected chi connectivity index (χ4v) is 4.02. The molecule has 0 unspecified atom stereocenters. The van der Waals surface area contributed by atoms with Gasteiger partial charge in [0.25, 0.3) is 0 Å². The second-order valence-electron chi connectivity index (χ2n) is 5.96. The van der Waals surface area contributed by atoms with Crippen molar-refractivity contribution in [3.8, 4) is 0 Å². The van der Waals surface area contributed by atoms with E-state index in [9.17, 15) is 0 Å². The zero-order chi connectivity index (χ0) is 15.8. The lowest BCUT2D eigenvalue weighted by atomic mass is 9.99. The Bertz CT molecular complexity index is 466. The highest BCUT2D eigenvalue weighted by Gasteiger charge is 2.14. The van der Waals surface area contributed by atoms with Crippen LogP contribution in [0.15, 0.2) is 20.9 Å². The summed E-state index contributed by atoms with van der Waals surface area (Å²) in [5.41, 5.74) is 0. The zero-order valence-corrected chi connectivity index (χ0v) is 16.0. The number of hydrogen-bond acceptors (Lipinski definition) is 3. The van der Waals surface area contributed by atoms with Crippen molar-refractivity contribution >= 4 is 33.2 Å². The summed E-state index contributed by atoms with van der Waals surface area (Å²) in [7, 11) is 1.83. The normalized spacial score (nSPS) is 17.7. The van der Waals surface area contributed by atoms with E-state index in [1.54, 1.807) is 11.3 Å². The summed E-state index contributed by atoms with van der Waals surface area (Å²) in [5, 5.41) is 8.86. The molecule has 0 amide bonds. The minimum absolute atomic E-state index is 0.819. The summed E-state index contributed by atoms with van der Waals surface area (Å²) in [5.74, 6) is 1.80. The molecule has 0 aliphatic carbocycles. The van der Waals surface area contributed by atoms with Crippen molar-refractivity contribution in [3.05, 3.63) is 20.8 Å². The number of rotatable bonds is 6. The van der Waals surface area contributed by atoms with Gasteiger partial charge in [-0.2, -0.15) is 0 Å². The molecule has 1 aromatic heterocycles. The van der Waals surface area contributed by atoms with Gasteiger partial charge in [0, 0.05) is 28.3 Å². The van der Waals surface area contributed by atoms with Gasteiger partial charge in [0.2, 0.25) is 0 Å². The molecule has 4 nitrogen and oxygen atoms in total. The van der Waals surface area contributed by atoms with Crippen molar-refractivity contribution in [1.82, 2.24) is 15.5 Å². The molecule has 0 saturated carbocycles. The van der Waals surface area contributed by atoms with Crippen LogP contribution in [0, 0.1) is 5.92 Å². The van der Waals surface area contributed by atoms with E-state index in [2.05, 4.69) is 54.8 Å². The van der Waals surface area contributed by atoms with Gasteiger partial charge in [0.15, 0.2) is 5.96 Å². The van der Waals surface area contributed by atoms with E-state index in [0.29, 0.717) is 0 Å². The van der Waals surface area contributed by atoms with Crippen LogP contribution in [0.2, 0.25) is 0 Å². The van der Waals surface area contributed by atoms with Crippen molar-refractivity contribution in [2.75, 3.05) is 33.2 Å². The molecule has 0 aromatic carbocycles. The van der Waals surface area contributed by atoms with Crippen molar-refractivity contribution in [2.45, 2.75) is 32.7 Å². The highest BCUT2D eigenvalue weighted by atomic mass is 79.9. The molecule has 2 rings (SSSR count). The van der Waals surface area contributed by atoms with Gasteiger partial charge in [0.1, 0.15) is 0 Å². The first-order valence-electron chi connectivity index (χ1n) is 8.07. The number of thiophene rings is 1. The Hall–Kier alpha value is -0.590. The van der Waals surface area contributed by atoms with Gasteiger partial charge in [0.05, 0.1) is 6.54 Å². The van der Waals surface area contributed by atoms with E-state index in [4.69, 9.17) is 0 Å². The van der Waals surface area contributed by atoms with Crippen LogP contribution in [0.3, 0.4) is 0 Å². The monoisotopic (exact) mass is 386 g/mol. The lowest BCUT2D eigenvalue weighted by molar-refractivity contribution is 0.191. The van der Waals surface area contributed by atoms with Gasteiger partial charge in [-0.15, -0.1) is 11.3 Å². The molecule has 2 heterocycles. The van der Waals surface area contributed by atoms with Crippen LogP contribution in [0.25, 0.3) is 0 Å². The number of halogens is 1. The Labute approximate surface area is 146 Å². The second kappa shape index (κ2) is 9.53. The molecule has 124 valence electrons. The number of nitrogens with zero attached hydrogens (tertiary/aromatic N) is 2.